The molecule has 0 aromatic heterocycles. The van der Waals surface area contributed by atoms with E-state index in [0.29, 0.717) is 6.54 Å². The van der Waals surface area contributed by atoms with Gasteiger partial charge in [0.15, 0.2) is 0 Å². The smallest absolute Gasteiger partial charge is 0.268 e. The molecule has 0 aromatic rings. The molecule has 0 fully saturated rings. The Kier molecular flexibility index (Phi) is 11.8. The van der Waals surface area contributed by atoms with Gasteiger partial charge in [-0.1, -0.05) is 25.7 Å². The van der Waals surface area contributed by atoms with Crippen molar-refractivity contribution >= 4 is 5.71 Å². The van der Waals surface area contributed by atoms with E-state index in [1.807, 2.05) is 0 Å². The van der Waals surface area contributed by atoms with Crippen LogP contribution in [-0.4, -0.2) is 23.6 Å². The summed E-state index contributed by atoms with van der Waals surface area (Å²) in [5, 5.41) is 0. The van der Waals surface area contributed by atoms with Crippen LogP contribution in [0.15, 0.2) is 0 Å². The fourth-order valence-electron chi connectivity index (χ4n) is 1.71. The minimum absolute atomic E-state index is 0.665. The predicted octanol–water partition coefficient (Wildman–Crippen LogP) is 2.09. The highest BCUT2D eigenvalue weighted by Gasteiger charge is 2.06. The molecule has 0 aromatic carbocycles. The maximum atomic E-state index is 8.76. The van der Waals surface area contributed by atoms with E-state index >= 15 is 0 Å². The maximum absolute atomic E-state index is 8.76. The molecule has 0 saturated heterocycles. The van der Waals surface area contributed by atoms with Crippen LogP contribution in [0.1, 0.15) is 57.8 Å². The lowest BCUT2D eigenvalue weighted by Crippen LogP contribution is -2.05. The van der Waals surface area contributed by atoms with Gasteiger partial charge < -0.3 is 17.0 Å². The van der Waals surface area contributed by atoms with Crippen molar-refractivity contribution in [1.82, 2.24) is 0 Å². The molecule has 0 saturated carbocycles. The van der Waals surface area contributed by atoms with Gasteiger partial charge >= 0.3 is 0 Å². The zero-order valence-corrected chi connectivity index (χ0v) is 10.3. The van der Waals surface area contributed by atoms with E-state index in [1.165, 1.54) is 25.7 Å². The summed E-state index contributed by atoms with van der Waals surface area (Å²) in [7, 11) is 0. The van der Waals surface area contributed by atoms with Gasteiger partial charge in [-0.05, 0) is 32.4 Å². The van der Waals surface area contributed by atoms with Gasteiger partial charge in [0, 0.05) is 12.8 Å². The zero-order valence-electron chi connectivity index (χ0n) is 10.3. The van der Waals surface area contributed by atoms with E-state index in [0.717, 1.165) is 44.4 Å². The van der Waals surface area contributed by atoms with Gasteiger partial charge in [-0.2, -0.15) is 4.79 Å². The molecule has 0 bridgehead atoms. The van der Waals surface area contributed by atoms with Crippen LogP contribution in [0, 0.1) is 0 Å². The molecule has 4 nitrogen and oxygen atoms in total. The monoisotopic (exact) mass is 226 g/mol. The van der Waals surface area contributed by atoms with E-state index < -0.39 is 0 Å². The van der Waals surface area contributed by atoms with Gasteiger partial charge in [0.1, 0.15) is 0 Å². The minimum Gasteiger partial charge on any atom is -0.362 e. The molecule has 0 aliphatic heterocycles. The topological polar surface area (TPSA) is 88.4 Å². The summed E-state index contributed by atoms with van der Waals surface area (Å²) in [6.45, 7) is 1.47. The summed E-state index contributed by atoms with van der Waals surface area (Å²) in [6, 6.07) is 0. The van der Waals surface area contributed by atoms with Crippen LogP contribution in [0.4, 0.5) is 0 Å². The van der Waals surface area contributed by atoms with Gasteiger partial charge in [-0.25, -0.2) is 0 Å². The molecule has 0 radical (unpaired) electrons. The molecule has 0 aliphatic rings. The van der Waals surface area contributed by atoms with Gasteiger partial charge in [0.05, 0.1) is 0 Å². The third kappa shape index (κ3) is 9.84. The first-order chi connectivity index (χ1) is 7.85. The Bertz CT molecular complexity index is 197. The van der Waals surface area contributed by atoms with Crippen molar-refractivity contribution in [2.24, 2.45) is 11.5 Å². The van der Waals surface area contributed by atoms with Crippen molar-refractivity contribution in [1.29, 1.82) is 0 Å². The molecule has 16 heavy (non-hydrogen) atoms. The molecular formula is C12H26N4. The minimum atomic E-state index is 0.665. The SMILES string of the molecule is [N-]=[N+]=C(CCCN)CCCCCCCCN. The first-order valence-corrected chi connectivity index (χ1v) is 6.45. The van der Waals surface area contributed by atoms with Crippen LogP contribution in [0.2, 0.25) is 0 Å². The second-order valence-corrected chi connectivity index (χ2v) is 4.22. The summed E-state index contributed by atoms with van der Waals surface area (Å²) in [5.74, 6) is 0. The van der Waals surface area contributed by atoms with Gasteiger partial charge in [0.25, 0.3) is 5.71 Å². The quantitative estimate of drug-likeness (QED) is 0.244. The van der Waals surface area contributed by atoms with Gasteiger partial charge in [-0.15, -0.1) is 0 Å². The average molecular weight is 226 g/mol. The second kappa shape index (κ2) is 12.4. The van der Waals surface area contributed by atoms with E-state index in [1.54, 1.807) is 0 Å². The average Bonchev–Trinajstić information content (AvgIpc) is 2.32. The molecule has 0 heterocycles. The van der Waals surface area contributed by atoms with Crippen molar-refractivity contribution in [2.75, 3.05) is 13.1 Å². The lowest BCUT2D eigenvalue weighted by atomic mass is 10.0. The lowest BCUT2D eigenvalue weighted by Gasteiger charge is -1.99. The van der Waals surface area contributed by atoms with Crippen molar-refractivity contribution in [2.45, 2.75) is 57.8 Å². The first kappa shape index (κ1) is 15.3. The third-order valence-corrected chi connectivity index (χ3v) is 2.73. The summed E-state index contributed by atoms with van der Waals surface area (Å²) in [6.07, 6.45) is 9.90. The number of nitrogens with zero attached hydrogens (tertiary/aromatic N) is 2. The Morgan fingerprint density at radius 2 is 1.25 bits per heavy atom. The van der Waals surface area contributed by atoms with Crippen LogP contribution < -0.4 is 11.5 Å². The van der Waals surface area contributed by atoms with Crippen molar-refractivity contribution in [3.05, 3.63) is 5.53 Å². The highest BCUT2D eigenvalue weighted by Crippen LogP contribution is 2.08. The Hall–Kier alpha value is -0.700. The van der Waals surface area contributed by atoms with Crippen LogP contribution in [-0.2, 0) is 0 Å². The van der Waals surface area contributed by atoms with Crippen LogP contribution in [0.25, 0.3) is 5.53 Å². The van der Waals surface area contributed by atoms with Crippen LogP contribution in [0.5, 0.6) is 0 Å². The van der Waals surface area contributed by atoms with Crippen LogP contribution >= 0.6 is 0 Å². The molecule has 4 heteroatoms. The Morgan fingerprint density at radius 3 is 1.81 bits per heavy atom. The molecule has 0 amide bonds. The van der Waals surface area contributed by atoms with Crippen molar-refractivity contribution in [3.63, 3.8) is 0 Å². The Balaban J connectivity index is 3.32. The standard InChI is InChI=1S/C12H26N4/c13-10-6-4-2-1-3-5-8-12(16-15)9-7-11-14/h1-11,13-14H2. The summed E-state index contributed by atoms with van der Waals surface area (Å²) >= 11 is 0. The number of rotatable bonds is 11. The first-order valence-electron chi connectivity index (χ1n) is 6.45. The summed E-state index contributed by atoms with van der Waals surface area (Å²) < 4.78 is 0. The number of unbranched alkanes of at least 4 members (excludes halogenated alkanes) is 5. The lowest BCUT2D eigenvalue weighted by molar-refractivity contribution is -0.0117. The van der Waals surface area contributed by atoms with E-state index in [4.69, 9.17) is 17.0 Å². The summed E-state index contributed by atoms with van der Waals surface area (Å²) in [4.78, 5) is 3.32. The molecule has 0 spiro atoms. The Labute approximate surface area is 99.0 Å². The van der Waals surface area contributed by atoms with Crippen molar-refractivity contribution in [3.8, 4) is 0 Å². The predicted molar refractivity (Wildman–Crippen MR) is 68.3 cm³/mol. The number of hydrogen-bond acceptors (Lipinski definition) is 2. The zero-order chi connectivity index (χ0) is 12.1. The van der Waals surface area contributed by atoms with E-state index in [-0.39, 0.29) is 0 Å². The number of hydrogen-bond donors (Lipinski definition) is 2. The van der Waals surface area contributed by atoms with Crippen molar-refractivity contribution < 1.29 is 4.79 Å². The van der Waals surface area contributed by atoms with Gasteiger partial charge in [0.2, 0.25) is 0 Å². The fraction of sp³-hybridized carbons (Fsp3) is 0.917. The third-order valence-electron chi connectivity index (χ3n) is 2.73. The van der Waals surface area contributed by atoms with Crippen LogP contribution in [0.3, 0.4) is 0 Å². The van der Waals surface area contributed by atoms with E-state index in [2.05, 4.69) is 4.79 Å². The highest BCUT2D eigenvalue weighted by atomic mass is 14.9. The second-order valence-electron chi connectivity index (χ2n) is 4.22. The molecular weight excluding hydrogens is 200 g/mol. The molecule has 0 unspecified atom stereocenters. The molecule has 0 atom stereocenters. The fourth-order valence-corrected chi connectivity index (χ4v) is 1.71. The molecule has 94 valence electrons. The number of nitrogens with two attached hydrogens (primary N) is 2. The maximum Gasteiger partial charge on any atom is 0.268 e. The van der Waals surface area contributed by atoms with Gasteiger partial charge in [-0.3, -0.25) is 0 Å². The molecule has 4 N–H and O–H groups in total. The molecule has 0 rings (SSSR count). The Morgan fingerprint density at radius 1 is 0.750 bits per heavy atom. The van der Waals surface area contributed by atoms with E-state index in [9.17, 15) is 0 Å². The normalized spacial score (nSPS) is 10.1. The molecule has 0 aliphatic carbocycles. The summed E-state index contributed by atoms with van der Waals surface area (Å²) in [5.41, 5.74) is 20.5. The highest BCUT2D eigenvalue weighted by molar-refractivity contribution is 5.78. The largest absolute Gasteiger partial charge is 0.362 e.